The highest BCUT2D eigenvalue weighted by atomic mass is 28.4. The van der Waals surface area contributed by atoms with Crippen molar-refractivity contribution in [2.75, 3.05) is 6.61 Å². The fraction of sp³-hybridized carbons (Fsp3) is 0.882. The molecule has 0 aromatic rings. The van der Waals surface area contributed by atoms with Gasteiger partial charge in [-0.25, -0.2) is 0 Å². The van der Waals surface area contributed by atoms with Crippen LogP contribution in [-0.4, -0.2) is 37.3 Å². The second-order valence-corrected chi connectivity index (χ2v) is 12.1. The summed E-state index contributed by atoms with van der Waals surface area (Å²) in [6.07, 6.45) is 8.59. The van der Waals surface area contributed by atoms with E-state index < -0.39 is 14.4 Å². The molecule has 4 heteroatoms. The van der Waals surface area contributed by atoms with Crippen molar-refractivity contribution in [2.45, 2.75) is 90.1 Å². The fourth-order valence-corrected chi connectivity index (χ4v) is 3.18. The predicted octanol–water partition coefficient (Wildman–Crippen LogP) is 4.26. The van der Waals surface area contributed by atoms with E-state index in [0.29, 0.717) is 6.42 Å². The lowest BCUT2D eigenvalue weighted by Gasteiger charge is -2.40. The van der Waals surface area contributed by atoms with Crippen LogP contribution in [0.4, 0.5) is 0 Å². The molecule has 0 aliphatic heterocycles. The number of hydrogen-bond donors (Lipinski definition) is 2. The third-order valence-electron chi connectivity index (χ3n) is 4.38. The van der Waals surface area contributed by atoms with Gasteiger partial charge in [0.15, 0.2) is 8.32 Å². The van der Waals surface area contributed by atoms with Crippen LogP contribution in [-0.2, 0) is 4.43 Å². The maximum atomic E-state index is 10.0. The normalized spacial score (nSPS) is 16.4. The van der Waals surface area contributed by atoms with Gasteiger partial charge in [-0.05, 0) is 37.4 Å². The summed E-state index contributed by atoms with van der Waals surface area (Å²) >= 11 is 0. The van der Waals surface area contributed by atoms with Gasteiger partial charge >= 0.3 is 0 Å². The molecule has 0 aromatic heterocycles. The van der Waals surface area contributed by atoms with E-state index in [4.69, 9.17) is 4.43 Å². The third kappa shape index (κ3) is 8.14. The highest BCUT2D eigenvalue weighted by molar-refractivity contribution is 6.74. The van der Waals surface area contributed by atoms with Gasteiger partial charge in [0.1, 0.15) is 6.10 Å². The minimum absolute atomic E-state index is 0.102. The minimum Gasteiger partial charge on any atom is -0.411 e. The second kappa shape index (κ2) is 9.77. The molecule has 0 saturated carbocycles. The number of unbranched alkanes of at least 4 members (excludes halogenated alkanes) is 3. The molecule has 0 unspecified atom stereocenters. The molecule has 0 bridgehead atoms. The molecule has 0 amide bonds. The van der Waals surface area contributed by atoms with Gasteiger partial charge in [-0.1, -0.05) is 52.7 Å². The molecular formula is C17H36O3Si. The highest BCUT2D eigenvalue weighted by Crippen LogP contribution is 2.38. The van der Waals surface area contributed by atoms with E-state index in [9.17, 15) is 10.2 Å². The molecule has 0 heterocycles. The highest BCUT2D eigenvalue weighted by Gasteiger charge is 2.40. The van der Waals surface area contributed by atoms with Crippen LogP contribution >= 0.6 is 0 Å². The summed E-state index contributed by atoms with van der Waals surface area (Å²) in [6, 6.07) is 0. The van der Waals surface area contributed by atoms with E-state index >= 15 is 0 Å². The maximum absolute atomic E-state index is 10.0. The molecule has 0 radical (unpaired) electrons. The second-order valence-electron chi connectivity index (χ2n) is 7.37. The number of rotatable bonds is 10. The van der Waals surface area contributed by atoms with Crippen molar-refractivity contribution in [1.82, 2.24) is 0 Å². The molecule has 0 spiro atoms. The van der Waals surface area contributed by atoms with E-state index in [1.807, 2.05) is 0 Å². The van der Waals surface area contributed by atoms with Crippen LogP contribution in [0.15, 0.2) is 12.2 Å². The Bertz CT molecular complexity index is 295. The van der Waals surface area contributed by atoms with Crippen LogP contribution in [0.2, 0.25) is 18.1 Å². The fourth-order valence-electron chi connectivity index (χ4n) is 1.82. The van der Waals surface area contributed by atoms with Gasteiger partial charge in [0.2, 0.25) is 0 Å². The topological polar surface area (TPSA) is 49.7 Å². The van der Waals surface area contributed by atoms with Gasteiger partial charge in [-0.2, -0.15) is 0 Å². The van der Waals surface area contributed by atoms with Crippen molar-refractivity contribution < 1.29 is 14.6 Å². The Morgan fingerprint density at radius 3 is 2.24 bits per heavy atom. The summed E-state index contributed by atoms with van der Waals surface area (Å²) in [4.78, 5) is 0. The zero-order chi connectivity index (χ0) is 16.5. The maximum Gasteiger partial charge on any atom is 0.192 e. The summed E-state index contributed by atoms with van der Waals surface area (Å²) in [5.74, 6) is 0. The number of allylic oxidation sites excluding steroid dienone is 1. The van der Waals surface area contributed by atoms with Crippen molar-refractivity contribution in [3.05, 3.63) is 12.2 Å². The first-order valence-electron chi connectivity index (χ1n) is 8.27. The lowest BCUT2D eigenvalue weighted by molar-refractivity contribution is -0.00552. The van der Waals surface area contributed by atoms with Crippen molar-refractivity contribution in [3.63, 3.8) is 0 Å². The molecule has 0 aromatic carbocycles. The summed E-state index contributed by atoms with van der Waals surface area (Å²) < 4.78 is 6.26. The van der Waals surface area contributed by atoms with Gasteiger partial charge < -0.3 is 14.6 Å². The molecule has 21 heavy (non-hydrogen) atoms. The van der Waals surface area contributed by atoms with Crippen LogP contribution in [0.1, 0.15) is 59.8 Å². The molecule has 0 aliphatic carbocycles. The zero-order valence-electron chi connectivity index (χ0n) is 14.9. The smallest absolute Gasteiger partial charge is 0.192 e. The molecule has 3 nitrogen and oxygen atoms in total. The van der Waals surface area contributed by atoms with Gasteiger partial charge in [-0.3, -0.25) is 0 Å². The van der Waals surface area contributed by atoms with Crippen molar-refractivity contribution in [1.29, 1.82) is 0 Å². The van der Waals surface area contributed by atoms with E-state index in [2.05, 4.69) is 52.9 Å². The number of aliphatic hydroxyl groups is 2. The Hall–Kier alpha value is -0.163. The first-order valence-corrected chi connectivity index (χ1v) is 11.2. The standard InChI is InChI=1S/C17H36O3Si/c1-7-8-9-10-11-12-13-16(15(19)14-18)20-21(5,6)17(2,3)4/h11-12,15-16,18-19H,7-10,13-14H2,1-6H3/b12-11-/t15-,16+/m1/s1. The van der Waals surface area contributed by atoms with Crippen LogP contribution in [0, 0.1) is 0 Å². The molecule has 0 fully saturated rings. The molecule has 0 aliphatic rings. The van der Waals surface area contributed by atoms with Crippen LogP contribution in [0.25, 0.3) is 0 Å². The van der Waals surface area contributed by atoms with Gasteiger partial charge in [0.25, 0.3) is 0 Å². The van der Waals surface area contributed by atoms with Crippen LogP contribution in [0.5, 0.6) is 0 Å². The van der Waals surface area contributed by atoms with E-state index in [0.717, 1.165) is 6.42 Å². The SMILES string of the molecule is CCCCC/C=C\C[C@H](O[Si](C)(C)C(C)(C)C)[C@H](O)CO. The minimum atomic E-state index is -1.93. The molecule has 126 valence electrons. The number of hydrogen-bond acceptors (Lipinski definition) is 3. The zero-order valence-corrected chi connectivity index (χ0v) is 15.9. The molecule has 0 rings (SSSR count). The van der Waals surface area contributed by atoms with Gasteiger partial charge in [0.05, 0.1) is 12.7 Å². The lowest BCUT2D eigenvalue weighted by Crippen LogP contribution is -2.47. The quantitative estimate of drug-likeness (QED) is 0.360. The largest absolute Gasteiger partial charge is 0.411 e. The molecule has 2 N–H and O–H groups in total. The Morgan fingerprint density at radius 1 is 1.14 bits per heavy atom. The van der Waals surface area contributed by atoms with Crippen molar-refractivity contribution in [3.8, 4) is 0 Å². The molecular weight excluding hydrogens is 280 g/mol. The van der Waals surface area contributed by atoms with E-state index in [-0.39, 0.29) is 17.7 Å². The van der Waals surface area contributed by atoms with Crippen molar-refractivity contribution >= 4 is 8.32 Å². The average Bonchev–Trinajstić information content (AvgIpc) is 2.39. The molecule has 2 atom stereocenters. The monoisotopic (exact) mass is 316 g/mol. The summed E-state index contributed by atoms with van der Waals surface area (Å²) in [5.41, 5.74) is 0. The van der Waals surface area contributed by atoms with E-state index in [1.165, 1.54) is 19.3 Å². The number of aliphatic hydroxyl groups excluding tert-OH is 2. The van der Waals surface area contributed by atoms with Crippen molar-refractivity contribution in [2.24, 2.45) is 0 Å². The van der Waals surface area contributed by atoms with Gasteiger partial charge in [0, 0.05) is 0 Å². The molecule has 0 saturated heterocycles. The van der Waals surface area contributed by atoms with Gasteiger partial charge in [-0.15, -0.1) is 0 Å². The first-order chi connectivity index (χ1) is 9.65. The Labute approximate surface area is 132 Å². The Morgan fingerprint density at radius 2 is 1.76 bits per heavy atom. The van der Waals surface area contributed by atoms with Crippen LogP contribution < -0.4 is 0 Å². The summed E-state index contributed by atoms with van der Waals surface area (Å²) in [7, 11) is -1.93. The average molecular weight is 317 g/mol. The third-order valence-corrected chi connectivity index (χ3v) is 8.88. The Balaban J connectivity index is 4.54. The first kappa shape index (κ1) is 20.8. The van der Waals surface area contributed by atoms with Crippen LogP contribution in [0.3, 0.4) is 0 Å². The lowest BCUT2D eigenvalue weighted by atomic mass is 10.1. The Kier molecular flexibility index (Phi) is 9.70. The summed E-state index contributed by atoms with van der Waals surface area (Å²) in [6.45, 7) is 12.9. The summed E-state index contributed by atoms with van der Waals surface area (Å²) in [5, 5.41) is 19.3. The predicted molar refractivity (Wildman–Crippen MR) is 93.1 cm³/mol. The van der Waals surface area contributed by atoms with E-state index in [1.54, 1.807) is 0 Å².